The Morgan fingerprint density at radius 3 is 2.48 bits per heavy atom. The van der Waals surface area contributed by atoms with Crippen LogP contribution in [-0.2, 0) is 26.2 Å². The number of hydrogen-bond acceptors (Lipinski definition) is 6. The van der Waals surface area contributed by atoms with Gasteiger partial charge in [-0.05, 0) is 56.9 Å². The maximum Gasteiger partial charge on any atom is 0.309 e. The molecule has 0 unspecified atom stereocenters. The van der Waals surface area contributed by atoms with Gasteiger partial charge >= 0.3 is 5.97 Å². The molecule has 0 radical (unpaired) electrons. The molecule has 1 fully saturated rings. The molecule has 2 aromatic rings. The Morgan fingerprint density at radius 2 is 1.89 bits per heavy atom. The summed E-state index contributed by atoms with van der Waals surface area (Å²) in [6.07, 6.45) is 0.886. The van der Waals surface area contributed by atoms with Gasteiger partial charge in [0, 0.05) is 19.2 Å². The standard InChI is InChI=1S/C19H24N2O5S/c1-13-4-5-18(10-14(13)2)27(23,24)21-8-6-16(7-9-21)19(22)25-12-17-11-15(3)20-26-17/h4-5,10-11,16H,6-9,12H2,1-3H3. The van der Waals surface area contributed by atoms with E-state index in [0.29, 0.717) is 36.6 Å². The smallest absolute Gasteiger partial charge is 0.309 e. The minimum atomic E-state index is -3.54. The molecule has 3 rings (SSSR count). The number of aryl methyl sites for hydroxylation is 3. The lowest BCUT2D eigenvalue weighted by Crippen LogP contribution is -2.40. The second-order valence-corrected chi connectivity index (χ2v) is 8.90. The van der Waals surface area contributed by atoms with E-state index in [0.717, 1.165) is 16.8 Å². The van der Waals surface area contributed by atoms with E-state index in [1.807, 2.05) is 19.9 Å². The van der Waals surface area contributed by atoms with Crippen molar-refractivity contribution in [1.82, 2.24) is 9.46 Å². The summed E-state index contributed by atoms with van der Waals surface area (Å²) in [5, 5.41) is 3.74. The highest BCUT2D eigenvalue weighted by Gasteiger charge is 2.33. The molecule has 1 saturated heterocycles. The molecule has 1 aliphatic heterocycles. The molecule has 0 spiro atoms. The lowest BCUT2D eigenvalue weighted by atomic mass is 9.98. The first-order valence-electron chi connectivity index (χ1n) is 8.93. The van der Waals surface area contributed by atoms with Gasteiger partial charge in [-0.15, -0.1) is 0 Å². The van der Waals surface area contributed by atoms with Crippen molar-refractivity contribution in [1.29, 1.82) is 0 Å². The van der Waals surface area contributed by atoms with E-state index >= 15 is 0 Å². The Bertz CT molecular complexity index is 927. The lowest BCUT2D eigenvalue weighted by molar-refractivity contribution is -0.151. The number of ether oxygens (including phenoxy) is 1. The molecular weight excluding hydrogens is 368 g/mol. The molecule has 0 atom stereocenters. The number of carbonyl (C=O) groups is 1. The van der Waals surface area contributed by atoms with E-state index in [-0.39, 0.29) is 18.5 Å². The van der Waals surface area contributed by atoms with Crippen LogP contribution in [0.3, 0.4) is 0 Å². The zero-order valence-electron chi connectivity index (χ0n) is 15.8. The summed E-state index contributed by atoms with van der Waals surface area (Å²) < 4.78 is 37.4. The monoisotopic (exact) mass is 392 g/mol. The number of hydrogen-bond donors (Lipinski definition) is 0. The average molecular weight is 392 g/mol. The summed E-state index contributed by atoms with van der Waals surface area (Å²) in [4.78, 5) is 12.5. The summed E-state index contributed by atoms with van der Waals surface area (Å²) in [6, 6.07) is 6.87. The molecule has 8 heteroatoms. The highest BCUT2D eigenvalue weighted by molar-refractivity contribution is 7.89. The van der Waals surface area contributed by atoms with Crippen LogP contribution < -0.4 is 0 Å². The molecule has 1 aromatic heterocycles. The number of carbonyl (C=O) groups excluding carboxylic acids is 1. The SMILES string of the molecule is Cc1cc(COC(=O)C2CCN(S(=O)(=O)c3ccc(C)c(C)c3)CC2)on1. The Balaban J connectivity index is 1.57. The third kappa shape index (κ3) is 4.39. The maximum absolute atomic E-state index is 12.8. The fourth-order valence-corrected chi connectivity index (χ4v) is 4.66. The van der Waals surface area contributed by atoms with Gasteiger partial charge in [0.05, 0.1) is 16.5 Å². The van der Waals surface area contributed by atoms with E-state index in [1.54, 1.807) is 25.1 Å². The minimum Gasteiger partial charge on any atom is -0.457 e. The average Bonchev–Trinajstić information content (AvgIpc) is 3.07. The zero-order valence-corrected chi connectivity index (χ0v) is 16.6. The van der Waals surface area contributed by atoms with E-state index in [9.17, 15) is 13.2 Å². The second kappa shape index (κ2) is 7.82. The lowest BCUT2D eigenvalue weighted by Gasteiger charge is -2.30. The van der Waals surface area contributed by atoms with E-state index in [2.05, 4.69) is 5.16 Å². The van der Waals surface area contributed by atoms with Crippen LogP contribution in [0.1, 0.15) is 35.4 Å². The Kier molecular flexibility index (Phi) is 5.67. The molecule has 0 N–H and O–H groups in total. The third-order valence-corrected chi connectivity index (χ3v) is 6.83. The molecule has 0 bridgehead atoms. The summed E-state index contributed by atoms with van der Waals surface area (Å²) in [7, 11) is -3.54. The number of rotatable bonds is 5. The first kappa shape index (κ1) is 19.6. The zero-order chi connectivity index (χ0) is 19.6. The number of aromatic nitrogens is 1. The number of esters is 1. The van der Waals surface area contributed by atoms with Crippen molar-refractivity contribution in [3.8, 4) is 0 Å². The van der Waals surface area contributed by atoms with Crippen molar-refractivity contribution in [3.05, 3.63) is 46.8 Å². The largest absolute Gasteiger partial charge is 0.457 e. The highest BCUT2D eigenvalue weighted by Crippen LogP contribution is 2.26. The normalized spacial score (nSPS) is 16.4. The molecule has 1 aromatic carbocycles. The van der Waals surface area contributed by atoms with E-state index in [4.69, 9.17) is 9.26 Å². The van der Waals surface area contributed by atoms with Gasteiger partial charge in [0.1, 0.15) is 0 Å². The van der Waals surface area contributed by atoms with E-state index in [1.165, 1.54) is 4.31 Å². The fraction of sp³-hybridized carbons (Fsp3) is 0.474. The number of nitrogens with zero attached hydrogens (tertiary/aromatic N) is 2. The quantitative estimate of drug-likeness (QED) is 0.727. The van der Waals surface area contributed by atoms with Crippen molar-refractivity contribution < 1.29 is 22.5 Å². The Hall–Kier alpha value is -2.19. The molecule has 0 amide bonds. The van der Waals surface area contributed by atoms with Gasteiger partial charge in [0.15, 0.2) is 12.4 Å². The van der Waals surface area contributed by atoms with Crippen LogP contribution in [0.4, 0.5) is 0 Å². The summed E-state index contributed by atoms with van der Waals surface area (Å²) >= 11 is 0. The van der Waals surface area contributed by atoms with Crippen LogP contribution in [-0.4, -0.2) is 36.9 Å². The molecule has 146 valence electrons. The van der Waals surface area contributed by atoms with Gasteiger partial charge in [-0.2, -0.15) is 4.31 Å². The molecule has 0 aliphatic carbocycles. The van der Waals surface area contributed by atoms with Crippen LogP contribution in [0.25, 0.3) is 0 Å². The van der Waals surface area contributed by atoms with Gasteiger partial charge in [-0.3, -0.25) is 4.79 Å². The molecule has 2 heterocycles. The van der Waals surface area contributed by atoms with Gasteiger partial charge in [-0.1, -0.05) is 11.2 Å². The van der Waals surface area contributed by atoms with Gasteiger partial charge in [0.2, 0.25) is 10.0 Å². The molecule has 0 saturated carbocycles. The van der Waals surface area contributed by atoms with Crippen LogP contribution in [0.2, 0.25) is 0 Å². The molecule has 7 nitrogen and oxygen atoms in total. The van der Waals surface area contributed by atoms with Gasteiger partial charge < -0.3 is 9.26 Å². The number of piperidine rings is 1. The summed E-state index contributed by atoms with van der Waals surface area (Å²) in [5.41, 5.74) is 2.72. The first-order chi connectivity index (χ1) is 12.8. The Labute approximate surface area is 159 Å². The van der Waals surface area contributed by atoms with Crippen molar-refractivity contribution in [2.24, 2.45) is 5.92 Å². The third-order valence-electron chi connectivity index (χ3n) is 4.94. The van der Waals surface area contributed by atoms with Crippen molar-refractivity contribution >= 4 is 16.0 Å². The molecule has 27 heavy (non-hydrogen) atoms. The minimum absolute atomic E-state index is 0.0425. The predicted octanol–water partition coefficient (Wildman–Crippen LogP) is 2.74. The van der Waals surface area contributed by atoms with Crippen molar-refractivity contribution in [2.45, 2.75) is 45.1 Å². The van der Waals surface area contributed by atoms with E-state index < -0.39 is 10.0 Å². The topological polar surface area (TPSA) is 89.7 Å². The fourth-order valence-electron chi connectivity index (χ4n) is 3.10. The predicted molar refractivity (Wildman–Crippen MR) is 98.4 cm³/mol. The van der Waals surface area contributed by atoms with Crippen LogP contribution in [0, 0.1) is 26.7 Å². The summed E-state index contributed by atoms with van der Waals surface area (Å²) in [5.74, 6) is -0.136. The second-order valence-electron chi connectivity index (χ2n) is 6.97. The molecular formula is C19H24N2O5S. The van der Waals surface area contributed by atoms with Crippen LogP contribution >= 0.6 is 0 Å². The number of sulfonamides is 1. The Morgan fingerprint density at radius 1 is 1.19 bits per heavy atom. The van der Waals surface area contributed by atoms with Crippen molar-refractivity contribution in [2.75, 3.05) is 13.1 Å². The first-order valence-corrected chi connectivity index (χ1v) is 10.4. The highest BCUT2D eigenvalue weighted by atomic mass is 32.2. The molecule has 1 aliphatic rings. The van der Waals surface area contributed by atoms with Gasteiger partial charge in [-0.25, -0.2) is 8.42 Å². The maximum atomic E-state index is 12.8. The summed E-state index contributed by atoms with van der Waals surface area (Å²) in [6.45, 7) is 6.28. The number of benzene rings is 1. The van der Waals surface area contributed by atoms with Gasteiger partial charge in [0.25, 0.3) is 0 Å². The van der Waals surface area contributed by atoms with Crippen molar-refractivity contribution in [3.63, 3.8) is 0 Å². The van der Waals surface area contributed by atoms with Crippen LogP contribution in [0.15, 0.2) is 33.7 Å². The van der Waals surface area contributed by atoms with Crippen LogP contribution in [0.5, 0.6) is 0 Å².